The molecule has 2 heterocycles. The van der Waals surface area contributed by atoms with Crippen LogP contribution in [0.3, 0.4) is 0 Å². The zero-order chi connectivity index (χ0) is 20.5. The Labute approximate surface area is 155 Å². The summed E-state index contributed by atoms with van der Waals surface area (Å²) in [6, 6.07) is -0.783. The molecule has 4 N–H and O–H groups in total. The van der Waals surface area contributed by atoms with Crippen molar-refractivity contribution in [1.82, 2.24) is 14.7 Å². The third-order valence-corrected chi connectivity index (χ3v) is 3.95. The first kappa shape index (κ1) is 20.5. The van der Waals surface area contributed by atoms with E-state index >= 15 is 0 Å². The second-order valence-electron chi connectivity index (χ2n) is 5.68. The first-order valence-corrected chi connectivity index (χ1v) is 7.87. The maximum absolute atomic E-state index is 13.0. The van der Waals surface area contributed by atoms with Gasteiger partial charge in [0.1, 0.15) is 11.7 Å². The van der Waals surface area contributed by atoms with Crippen LogP contribution in [0.5, 0.6) is 0 Å². The molecule has 0 saturated carbocycles. The number of aryl methyl sites for hydroxylation is 1. The van der Waals surface area contributed by atoms with Crippen LogP contribution in [0, 0.1) is 6.92 Å². The van der Waals surface area contributed by atoms with Gasteiger partial charge in [0.05, 0.1) is 16.3 Å². The molecule has 1 unspecified atom stereocenters. The zero-order valence-corrected chi connectivity index (χ0v) is 14.6. The molecule has 0 radical (unpaired) electrons. The smallest absolute Gasteiger partial charge is 0.417 e. The van der Waals surface area contributed by atoms with Crippen molar-refractivity contribution in [3.8, 4) is 0 Å². The first-order chi connectivity index (χ1) is 12.4. The molecule has 0 saturated heterocycles. The highest BCUT2D eigenvalue weighted by Crippen LogP contribution is 2.33. The summed E-state index contributed by atoms with van der Waals surface area (Å²) in [6.07, 6.45) is -4.64. The van der Waals surface area contributed by atoms with Crippen molar-refractivity contribution >= 4 is 35.0 Å². The molecule has 8 nitrogen and oxygen atoms in total. The number of aliphatic carboxylic acids is 1. The highest BCUT2D eigenvalue weighted by Gasteiger charge is 2.33. The number of primary amides is 1. The van der Waals surface area contributed by atoms with E-state index in [1.807, 2.05) is 0 Å². The van der Waals surface area contributed by atoms with Crippen LogP contribution in [0.15, 0.2) is 12.3 Å². The molecule has 0 aliphatic heterocycles. The molecule has 0 aliphatic rings. The molecule has 2 aromatic rings. The van der Waals surface area contributed by atoms with Crippen molar-refractivity contribution in [2.24, 2.45) is 5.73 Å². The maximum atomic E-state index is 13.0. The van der Waals surface area contributed by atoms with Gasteiger partial charge in [-0.05, 0) is 19.4 Å². The summed E-state index contributed by atoms with van der Waals surface area (Å²) in [4.78, 5) is 38.5. The van der Waals surface area contributed by atoms with E-state index in [0.29, 0.717) is 12.3 Å². The number of nitrogens with one attached hydrogen (secondary N) is 1. The van der Waals surface area contributed by atoms with Gasteiger partial charge in [-0.2, -0.15) is 13.2 Å². The maximum Gasteiger partial charge on any atom is 0.417 e. The second kappa shape index (κ2) is 7.43. The Balaban J connectivity index is 2.45. The van der Waals surface area contributed by atoms with Gasteiger partial charge in [-0.1, -0.05) is 11.6 Å². The predicted molar refractivity (Wildman–Crippen MR) is 87.3 cm³/mol. The number of carboxylic acids is 1. The molecular weight excluding hydrogens is 393 g/mol. The number of pyridine rings is 1. The van der Waals surface area contributed by atoms with Gasteiger partial charge >= 0.3 is 12.1 Å². The Morgan fingerprint density at radius 2 is 2.04 bits per heavy atom. The van der Waals surface area contributed by atoms with Crippen LogP contribution in [0.25, 0.3) is 5.65 Å². The lowest BCUT2D eigenvalue weighted by atomic mass is 10.1. The molecule has 0 fully saturated rings. The molecule has 2 aromatic heterocycles. The Morgan fingerprint density at radius 1 is 1.41 bits per heavy atom. The quantitative estimate of drug-likeness (QED) is 0.673. The predicted octanol–water partition coefficient (Wildman–Crippen LogP) is 1.76. The van der Waals surface area contributed by atoms with Crippen LogP contribution < -0.4 is 11.1 Å². The summed E-state index contributed by atoms with van der Waals surface area (Å²) in [5.74, 6) is -3.17. The highest BCUT2D eigenvalue weighted by atomic mass is 35.5. The number of amides is 2. The number of aromatic nitrogens is 2. The Kier molecular flexibility index (Phi) is 5.64. The Morgan fingerprint density at radius 3 is 2.56 bits per heavy atom. The monoisotopic (exact) mass is 406 g/mol. The van der Waals surface area contributed by atoms with Gasteiger partial charge in [-0.25, -0.2) is 9.78 Å². The SMILES string of the molecule is Cc1nc2c(Cl)cc(C(F)(F)F)cn2c1C(=O)NC(CCC(N)=O)C(=O)O. The number of imidazole rings is 1. The van der Waals surface area contributed by atoms with E-state index < -0.39 is 35.6 Å². The van der Waals surface area contributed by atoms with Gasteiger partial charge in [0, 0.05) is 12.6 Å². The fourth-order valence-electron chi connectivity index (χ4n) is 2.42. The summed E-state index contributed by atoms with van der Waals surface area (Å²) in [5, 5.41) is 11.0. The van der Waals surface area contributed by atoms with E-state index in [1.54, 1.807) is 0 Å². The van der Waals surface area contributed by atoms with Crippen molar-refractivity contribution in [3.05, 3.63) is 34.2 Å². The largest absolute Gasteiger partial charge is 0.480 e. The molecule has 12 heteroatoms. The minimum Gasteiger partial charge on any atom is -0.480 e. The van der Waals surface area contributed by atoms with E-state index in [2.05, 4.69) is 10.3 Å². The lowest BCUT2D eigenvalue weighted by molar-refractivity contribution is -0.139. The first-order valence-electron chi connectivity index (χ1n) is 7.49. The Bertz CT molecular complexity index is 926. The average Bonchev–Trinajstić information content (AvgIpc) is 2.86. The van der Waals surface area contributed by atoms with E-state index in [9.17, 15) is 27.6 Å². The van der Waals surface area contributed by atoms with E-state index in [-0.39, 0.29) is 34.9 Å². The van der Waals surface area contributed by atoms with Gasteiger partial charge in [0.2, 0.25) is 5.91 Å². The van der Waals surface area contributed by atoms with Gasteiger partial charge < -0.3 is 16.2 Å². The van der Waals surface area contributed by atoms with Crippen molar-refractivity contribution in [2.75, 3.05) is 0 Å². The van der Waals surface area contributed by atoms with Crippen LogP contribution in [0.2, 0.25) is 5.02 Å². The molecule has 1 atom stereocenters. The van der Waals surface area contributed by atoms with Gasteiger partial charge in [0.15, 0.2) is 5.65 Å². The van der Waals surface area contributed by atoms with Crippen molar-refractivity contribution < 1.29 is 32.7 Å². The van der Waals surface area contributed by atoms with E-state index in [1.165, 1.54) is 6.92 Å². The molecule has 2 rings (SSSR count). The molecular formula is C15H14ClF3N4O4. The number of nitrogens with zero attached hydrogens (tertiary/aromatic N) is 2. The minimum atomic E-state index is -4.71. The van der Waals surface area contributed by atoms with E-state index in [4.69, 9.17) is 22.4 Å². The molecule has 146 valence electrons. The van der Waals surface area contributed by atoms with Crippen LogP contribution >= 0.6 is 11.6 Å². The fraction of sp³-hybridized carbons (Fsp3) is 0.333. The number of carbonyl (C=O) groups is 3. The summed E-state index contributed by atoms with van der Waals surface area (Å²) in [5.41, 5.74) is 3.52. The van der Waals surface area contributed by atoms with Crippen molar-refractivity contribution in [3.63, 3.8) is 0 Å². The Hall–Kier alpha value is -2.82. The van der Waals surface area contributed by atoms with Crippen LogP contribution in [0.1, 0.15) is 34.6 Å². The summed E-state index contributed by atoms with van der Waals surface area (Å²) in [7, 11) is 0. The van der Waals surface area contributed by atoms with Crippen LogP contribution in [-0.4, -0.2) is 38.3 Å². The van der Waals surface area contributed by atoms with Gasteiger partial charge in [-0.3, -0.25) is 14.0 Å². The molecule has 0 aromatic carbocycles. The molecule has 0 aliphatic carbocycles. The third kappa shape index (κ3) is 4.48. The van der Waals surface area contributed by atoms with Crippen molar-refractivity contribution in [2.45, 2.75) is 32.0 Å². The lowest BCUT2D eigenvalue weighted by Crippen LogP contribution is -2.42. The molecule has 2 amide bonds. The number of halogens is 4. The van der Waals surface area contributed by atoms with Crippen molar-refractivity contribution in [1.29, 1.82) is 0 Å². The van der Waals surface area contributed by atoms with Crippen LogP contribution in [-0.2, 0) is 15.8 Å². The topological polar surface area (TPSA) is 127 Å². The normalized spacial score (nSPS) is 12.8. The van der Waals surface area contributed by atoms with E-state index in [0.717, 1.165) is 4.40 Å². The minimum absolute atomic E-state index is 0.0489. The molecule has 0 bridgehead atoms. The summed E-state index contributed by atoms with van der Waals surface area (Å²) in [6.45, 7) is 1.37. The lowest BCUT2D eigenvalue weighted by Gasteiger charge is -2.14. The number of nitrogens with two attached hydrogens (primary N) is 1. The van der Waals surface area contributed by atoms with Gasteiger partial charge in [-0.15, -0.1) is 0 Å². The van der Waals surface area contributed by atoms with Crippen LogP contribution in [0.4, 0.5) is 13.2 Å². The number of rotatable bonds is 6. The number of hydrogen-bond acceptors (Lipinski definition) is 4. The number of carboxylic acid groups (broad SMARTS) is 1. The number of carbonyl (C=O) groups excluding carboxylic acids is 2. The number of fused-ring (bicyclic) bond motifs is 1. The van der Waals surface area contributed by atoms with Gasteiger partial charge in [0.25, 0.3) is 5.91 Å². The standard InChI is InChI=1S/C15H14ClF3N4O4/c1-6-11(13(25)22-9(14(26)27)2-3-10(20)24)23-5-7(15(17,18)19)4-8(16)12(23)21-6/h4-5,9H,2-3H2,1H3,(H2,20,24)(H,22,25)(H,26,27). The highest BCUT2D eigenvalue weighted by molar-refractivity contribution is 6.33. The number of hydrogen-bond donors (Lipinski definition) is 3. The molecule has 0 spiro atoms. The second-order valence-corrected chi connectivity index (χ2v) is 6.09. The summed E-state index contributed by atoms with van der Waals surface area (Å²) >= 11 is 5.84. The average molecular weight is 407 g/mol. The third-order valence-electron chi connectivity index (χ3n) is 3.67. The fourth-order valence-corrected chi connectivity index (χ4v) is 2.67. The zero-order valence-electron chi connectivity index (χ0n) is 13.8. The number of alkyl halides is 3. The summed E-state index contributed by atoms with van der Waals surface area (Å²) < 4.78 is 39.9. The molecule has 27 heavy (non-hydrogen) atoms.